The fourth-order valence-electron chi connectivity index (χ4n) is 4.07. The van der Waals surface area contributed by atoms with Gasteiger partial charge in [-0.2, -0.15) is 0 Å². The van der Waals surface area contributed by atoms with Crippen molar-refractivity contribution in [2.24, 2.45) is 0 Å². The van der Waals surface area contributed by atoms with E-state index in [9.17, 15) is 9.59 Å². The second kappa shape index (κ2) is 8.30. The van der Waals surface area contributed by atoms with Crippen molar-refractivity contribution in [3.8, 4) is 0 Å². The maximum Gasteiger partial charge on any atom is 0.233 e. The third kappa shape index (κ3) is 4.22. The minimum absolute atomic E-state index is 0.114. The predicted octanol–water partition coefficient (Wildman–Crippen LogP) is 4.22. The molecule has 0 radical (unpaired) electrons. The van der Waals surface area contributed by atoms with Gasteiger partial charge in [-0.1, -0.05) is 18.2 Å². The van der Waals surface area contributed by atoms with E-state index in [-0.39, 0.29) is 18.2 Å². The number of hydrogen-bond acceptors (Lipinski definition) is 3. The second-order valence-corrected chi connectivity index (χ2v) is 8.27. The summed E-state index contributed by atoms with van der Waals surface area (Å²) in [4.78, 5) is 35.0. The van der Waals surface area contributed by atoms with E-state index in [1.165, 1.54) is 5.56 Å². The number of benzene rings is 2. The summed E-state index contributed by atoms with van der Waals surface area (Å²) in [5.74, 6) is 0.931. The molecule has 2 heterocycles. The number of amides is 2. The van der Waals surface area contributed by atoms with E-state index >= 15 is 0 Å². The quantitative estimate of drug-likeness (QED) is 0.639. The molecule has 0 spiro atoms. The molecule has 0 unspecified atom stereocenters. The van der Waals surface area contributed by atoms with Crippen molar-refractivity contribution in [1.29, 1.82) is 0 Å². The first-order valence-electron chi connectivity index (χ1n) is 10.5. The Kier molecular flexibility index (Phi) is 5.57. The van der Waals surface area contributed by atoms with Crippen LogP contribution >= 0.6 is 0 Å². The van der Waals surface area contributed by atoms with Crippen molar-refractivity contribution in [3.63, 3.8) is 0 Å². The number of aromatic nitrogens is 2. The first-order chi connectivity index (χ1) is 14.4. The van der Waals surface area contributed by atoms with Gasteiger partial charge in [0, 0.05) is 24.7 Å². The van der Waals surface area contributed by atoms with Gasteiger partial charge in [-0.25, -0.2) is 4.98 Å². The van der Waals surface area contributed by atoms with Crippen molar-refractivity contribution in [2.45, 2.75) is 46.0 Å². The average Bonchev–Trinajstić information content (AvgIpc) is 3.14. The van der Waals surface area contributed by atoms with Crippen LogP contribution in [0.1, 0.15) is 47.7 Å². The summed E-state index contributed by atoms with van der Waals surface area (Å²) in [6, 6.07) is 12.0. The molecule has 0 bridgehead atoms. The number of imidazole rings is 1. The van der Waals surface area contributed by atoms with E-state index in [0.29, 0.717) is 19.0 Å². The summed E-state index contributed by atoms with van der Waals surface area (Å²) in [6.45, 7) is 7.34. The molecule has 0 atom stereocenters. The summed E-state index contributed by atoms with van der Waals surface area (Å²) in [5, 5.41) is 2.87. The van der Waals surface area contributed by atoms with Crippen molar-refractivity contribution >= 4 is 28.5 Å². The van der Waals surface area contributed by atoms with Gasteiger partial charge in [-0.3, -0.25) is 9.59 Å². The number of rotatable bonds is 4. The molecule has 2 aromatic carbocycles. The average molecular weight is 405 g/mol. The smallest absolute Gasteiger partial charge is 0.233 e. The Morgan fingerprint density at radius 1 is 1.13 bits per heavy atom. The molecule has 1 aliphatic heterocycles. The number of carbonyl (C=O) groups excluding carboxylic acids is 2. The first kappa shape index (κ1) is 20.1. The highest BCUT2D eigenvalue weighted by atomic mass is 16.2. The van der Waals surface area contributed by atoms with Crippen LogP contribution in [0.15, 0.2) is 36.4 Å². The monoisotopic (exact) mass is 404 g/mol. The highest BCUT2D eigenvalue weighted by Crippen LogP contribution is 2.28. The number of hydrogen-bond donors (Lipinski definition) is 2. The Labute approximate surface area is 176 Å². The van der Waals surface area contributed by atoms with Gasteiger partial charge in [0.05, 0.1) is 11.0 Å². The maximum atomic E-state index is 12.6. The zero-order valence-corrected chi connectivity index (χ0v) is 17.8. The summed E-state index contributed by atoms with van der Waals surface area (Å²) in [7, 11) is 0. The Morgan fingerprint density at radius 3 is 2.67 bits per heavy atom. The Morgan fingerprint density at radius 2 is 1.90 bits per heavy atom. The van der Waals surface area contributed by atoms with Gasteiger partial charge in [-0.05, 0) is 68.5 Å². The van der Waals surface area contributed by atoms with E-state index in [2.05, 4.69) is 29.4 Å². The standard InChI is InChI=1S/C24H28N4O2/c1-15-7-8-20-21(13-15)27-24(26-20)18-9-11-28(12-10-18)23(30)14-22(29)25-19-6-4-5-16(2)17(19)3/h4-8,13,18H,9-12,14H2,1-3H3,(H,25,29)(H,26,27). The highest BCUT2D eigenvalue weighted by molar-refractivity contribution is 6.03. The lowest BCUT2D eigenvalue weighted by Crippen LogP contribution is -2.39. The molecule has 0 aliphatic carbocycles. The first-order valence-corrected chi connectivity index (χ1v) is 10.5. The van der Waals surface area contributed by atoms with E-state index < -0.39 is 0 Å². The van der Waals surface area contributed by atoms with Crippen molar-refractivity contribution < 1.29 is 9.59 Å². The molecule has 6 heteroatoms. The fraction of sp³-hybridized carbons (Fsp3) is 0.375. The number of nitrogens with zero attached hydrogens (tertiary/aromatic N) is 2. The molecular weight excluding hydrogens is 376 g/mol. The summed E-state index contributed by atoms with van der Waals surface area (Å²) in [6.07, 6.45) is 1.58. The third-order valence-corrected chi connectivity index (χ3v) is 6.08. The topological polar surface area (TPSA) is 78.1 Å². The van der Waals surface area contributed by atoms with E-state index in [4.69, 9.17) is 4.98 Å². The van der Waals surface area contributed by atoms with Crippen LogP contribution in [-0.2, 0) is 9.59 Å². The maximum absolute atomic E-state index is 12.6. The molecule has 1 aromatic heterocycles. The van der Waals surface area contributed by atoms with E-state index in [1.807, 2.05) is 38.1 Å². The van der Waals surface area contributed by atoms with Crippen LogP contribution in [0.3, 0.4) is 0 Å². The molecule has 2 amide bonds. The van der Waals surface area contributed by atoms with Gasteiger partial charge < -0.3 is 15.2 Å². The predicted molar refractivity (Wildman–Crippen MR) is 119 cm³/mol. The molecule has 4 rings (SSSR count). The van der Waals surface area contributed by atoms with Gasteiger partial charge in [0.15, 0.2) is 0 Å². The molecule has 1 saturated heterocycles. The van der Waals surface area contributed by atoms with Crippen LogP contribution in [0.4, 0.5) is 5.69 Å². The minimum atomic E-state index is -0.261. The van der Waals surface area contributed by atoms with Crippen LogP contribution in [0.5, 0.6) is 0 Å². The number of aryl methyl sites for hydroxylation is 2. The SMILES string of the molecule is Cc1ccc2nc(C3CCN(C(=O)CC(=O)Nc4cccc(C)c4C)CC3)[nH]c2c1. The molecular formula is C24H28N4O2. The van der Waals surface area contributed by atoms with Crippen molar-refractivity contribution in [3.05, 3.63) is 58.9 Å². The van der Waals surface area contributed by atoms with Crippen LogP contribution in [0.25, 0.3) is 11.0 Å². The number of aromatic amines is 1. The second-order valence-electron chi connectivity index (χ2n) is 8.27. The highest BCUT2D eigenvalue weighted by Gasteiger charge is 2.26. The van der Waals surface area contributed by atoms with Crippen molar-refractivity contribution in [2.75, 3.05) is 18.4 Å². The fourth-order valence-corrected chi connectivity index (χ4v) is 4.07. The number of H-pyrrole nitrogens is 1. The Bertz CT molecular complexity index is 1090. The minimum Gasteiger partial charge on any atom is -0.342 e. The molecule has 6 nitrogen and oxygen atoms in total. The van der Waals surface area contributed by atoms with Crippen LogP contribution in [-0.4, -0.2) is 39.8 Å². The summed E-state index contributed by atoms with van der Waals surface area (Å²) >= 11 is 0. The van der Waals surface area contributed by atoms with Crippen LogP contribution in [0, 0.1) is 20.8 Å². The van der Waals surface area contributed by atoms with Crippen LogP contribution < -0.4 is 5.32 Å². The number of piperidine rings is 1. The van der Waals surface area contributed by atoms with Gasteiger partial charge in [0.2, 0.25) is 11.8 Å². The Hall–Kier alpha value is -3.15. The van der Waals surface area contributed by atoms with Gasteiger partial charge in [0.25, 0.3) is 0 Å². The lowest BCUT2D eigenvalue weighted by Gasteiger charge is -2.31. The molecule has 1 aliphatic rings. The zero-order chi connectivity index (χ0) is 21.3. The lowest BCUT2D eigenvalue weighted by molar-refractivity contribution is -0.135. The number of carbonyl (C=O) groups is 2. The normalized spacial score (nSPS) is 14.8. The number of nitrogens with one attached hydrogen (secondary N) is 2. The van der Waals surface area contributed by atoms with Gasteiger partial charge in [0.1, 0.15) is 12.2 Å². The summed E-state index contributed by atoms with van der Waals surface area (Å²) in [5.41, 5.74) is 6.16. The molecule has 2 N–H and O–H groups in total. The van der Waals surface area contributed by atoms with E-state index in [1.54, 1.807) is 4.90 Å². The number of anilines is 1. The van der Waals surface area contributed by atoms with Crippen molar-refractivity contribution in [1.82, 2.24) is 14.9 Å². The Balaban J connectivity index is 1.32. The molecule has 1 fully saturated rings. The largest absolute Gasteiger partial charge is 0.342 e. The van der Waals surface area contributed by atoms with Gasteiger partial charge >= 0.3 is 0 Å². The lowest BCUT2D eigenvalue weighted by atomic mass is 9.96. The zero-order valence-electron chi connectivity index (χ0n) is 17.8. The van der Waals surface area contributed by atoms with E-state index in [0.717, 1.165) is 46.5 Å². The van der Waals surface area contributed by atoms with Gasteiger partial charge in [-0.15, -0.1) is 0 Å². The molecule has 30 heavy (non-hydrogen) atoms. The number of fused-ring (bicyclic) bond motifs is 1. The summed E-state index contributed by atoms with van der Waals surface area (Å²) < 4.78 is 0. The molecule has 0 saturated carbocycles. The molecule has 156 valence electrons. The number of likely N-dealkylation sites (tertiary alicyclic amines) is 1. The molecule has 3 aromatic rings. The van der Waals surface area contributed by atoms with Crippen LogP contribution in [0.2, 0.25) is 0 Å². The third-order valence-electron chi connectivity index (χ3n) is 6.08.